The summed E-state index contributed by atoms with van der Waals surface area (Å²) in [4.78, 5) is 71.0. The predicted molar refractivity (Wildman–Crippen MR) is 184 cm³/mol. The number of nitrogens with zero attached hydrogens (tertiary/aromatic N) is 4. The maximum atomic E-state index is 13.5. The van der Waals surface area contributed by atoms with Gasteiger partial charge in [0.05, 0.1) is 34.2 Å². The molecule has 0 spiro atoms. The maximum Gasteiger partial charge on any atom is 0.245 e. The van der Waals surface area contributed by atoms with Gasteiger partial charge in [-0.1, -0.05) is 38.8 Å². The summed E-state index contributed by atoms with van der Waals surface area (Å²) in [5, 5.41) is 5.67. The lowest BCUT2D eigenvalue weighted by Crippen LogP contribution is -2.47. The molecule has 254 valence electrons. The van der Waals surface area contributed by atoms with Crippen LogP contribution in [0.5, 0.6) is 0 Å². The SMILES string of the molecule is CCC[C@H](NC(C)=O)C(=O)N1CCC[C@H]1c1nc2cc(-c3ccc4[nH]c([C@@H]5CCCN5C(=O)[C@H](CCC)NC(C)=O)nc4c3)ccc2[nH]1. The van der Waals surface area contributed by atoms with Crippen molar-refractivity contribution in [2.45, 2.75) is 103 Å². The Hall–Kier alpha value is -4.74. The van der Waals surface area contributed by atoms with Crippen molar-refractivity contribution in [2.24, 2.45) is 0 Å². The third kappa shape index (κ3) is 6.79. The van der Waals surface area contributed by atoms with Gasteiger partial charge in [-0.25, -0.2) is 9.97 Å². The molecule has 4 aromatic rings. The number of imidazole rings is 2. The maximum absolute atomic E-state index is 13.5. The summed E-state index contributed by atoms with van der Waals surface area (Å²) >= 11 is 0. The third-order valence-electron chi connectivity index (χ3n) is 9.54. The predicted octanol–water partition coefficient (Wildman–Crippen LogP) is 5.04. The minimum absolute atomic E-state index is 0.0547. The molecule has 4 heterocycles. The number of fused-ring (bicyclic) bond motifs is 2. The van der Waals surface area contributed by atoms with Gasteiger partial charge in [0, 0.05) is 26.9 Å². The highest BCUT2D eigenvalue weighted by Gasteiger charge is 2.37. The van der Waals surface area contributed by atoms with E-state index < -0.39 is 12.1 Å². The van der Waals surface area contributed by atoms with Crippen molar-refractivity contribution in [3.63, 3.8) is 0 Å². The largest absolute Gasteiger partial charge is 0.345 e. The summed E-state index contributed by atoms with van der Waals surface area (Å²) in [5.74, 6) is 1.01. The Balaban J connectivity index is 1.22. The number of benzene rings is 2. The molecule has 2 fully saturated rings. The molecule has 0 radical (unpaired) electrons. The Morgan fingerprint density at radius 2 is 1.15 bits per heavy atom. The molecule has 0 aliphatic carbocycles. The van der Waals surface area contributed by atoms with Crippen molar-refractivity contribution in [1.29, 1.82) is 0 Å². The summed E-state index contributed by atoms with van der Waals surface area (Å²) in [6.45, 7) is 8.19. The van der Waals surface area contributed by atoms with E-state index in [1.54, 1.807) is 0 Å². The number of aromatic nitrogens is 4. The molecule has 2 aromatic heterocycles. The molecular formula is C36H46N8O4. The highest BCUT2D eigenvalue weighted by atomic mass is 16.2. The lowest BCUT2D eigenvalue weighted by molar-refractivity contribution is -0.137. The zero-order valence-corrected chi connectivity index (χ0v) is 28.3. The van der Waals surface area contributed by atoms with E-state index in [1.807, 2.05) is 35.8 Å². The summed E-state index contributed by atoms with van der Waals surface area (Å²) in [5.41, 5.74) is 5.42. The van der Waals surface area contributed by atoms with Crippen LogP contribution in [0.25, 0.3) is 33.2 Å². The van der Waals surface area contributed by atoms with Crippen molar-refractivity contribution in [3.05, 3.63) is 48.0 Å². The van der Waals surface area contributed by atoms with E-state index in [-0.39, 0.29) is 35.7 Å². The Kier molecular flexibility index (Phi) is 9.79. The summed E-state index contributed by atoms with van der Waals surface area (Å²) < 4.78 is 0. The van der Waals surface area contributed by atoms with Gasteiger partial charge in [-0.15, -0.1) is 0 Å². The van der Waals surface area contributed by atoms with Gasteiger partial charge < -0.3 is 30.4 Å². The quantitative estimate of drug-likeness (QED) is 0.178. The minimum atomic E-state index is -0.527. The molecule has 48 heavy (non-hydrogen) atoms. The first kappa shape index (κ1) is 33.2. The number of rotatable bonds is 11. The molecule has 0 saturated carbocycles. The lowest BCUT2D eigenvalue weighted by Gasteiger charge is -2.28. The van der Waals surface area contributed by atoms with E-state index >= 15 is 0 Å². The standard InChI is InChI=1S/C36H46N8O4/c1-5-9-27(37-21(3)45)35(47)43-17-7-11-31(43)33-39-25-15-13-23(19-29(25)41-33)24-14-16-26-30(20-24)42-34(40-26)32-12-8-18-44(32)36(48)28(10-6-2)38-22(4)46/h13-16,19-20,27-28,31-32H,5-12,17-18H2,1-4H3,(H,37,45)(H,38,46)(H,39,41)(H,40,42)/t27-,28-,31-,32-/m0/s1. The number of aromatic amines is 2. The monoisotopic (exact) mass is 654 g/mol. The number of carbonyl (C=O) groups excluding carboxylic acids is 4. The van der Waals surface area contributed by atoms with Crippen molar-refractivity contribution in [2.75, 3.05) is 13.1 Å². The zero-order valence-electron chi connectivity index (χ0n) is 28.3. The van der Waals surface area contributed by atoms with Gasteiger partial charge in [-0.3, -0.25) is 19.2 Å². The average Bonchev–Trinajstić information content (AvgIpc) is 3.87. The van der Waals surface area contributed by atoms with E-state index in [4.69, 9.17) is 9.97 Å². The van der Waals surface area contributed by atoms with Crippen LogP contribution in [0.15, 0.2) is 36.4 Å². The molecule has 2 aliphatic rings. The van der Waals surface area contributed by atoms with Crippen molar-refractivity contribution < 1.29 is 19.2 Å². The fourth-order valence-electron chi connectivity index (χ4n) is 7.34. The minimum Gasteiger partial charge on any atom is -0.345 e. The number of hydrogen-bond donors (Lipinski definition) is 4. The number of H-pyrrole nitrogens is 2. The topological polar surface area (TPSA) is 156 Å². The van der Waals surface area contributed by atoms with Crippen LogP contribution in [-0.2, 0) is 19.2 Å². The zero-order chi connectivity index (χ0) is 33.9. The van der Waals surface area contributed by atoms with Gasteiger partial charge in [0.15, 0.2) is 0 Å². The molecule has 2 saturated heterocycles. The molecule has 12 heteroatoms. The molecule has 2 aromatic carbocycles. The number of hydrogen-bond acceptors (Lipinski definition) is 6. The van der Waals surface area contributed by atoms with Crippen molar-refractivity contribution in [3.8, 4) is 11.1 Å². The first-order valence-corrected chi connectivity index (χ1v) is 17.3. The van der Waals surface area contributed by atoms with Crippen LogP contribution in [0.3, 0.4) is 0 Å². The highest BCUT2D eigenvalue weighted by Crippen LogP contribution is 2.35. The number of likely N-dealkylation sites (tertiary alicyclic amines) is 2. The molecule has 2 aliphatic heterocycles. The molecule has 4 N–H and O–H groups in total. The molecule has 0 unspecified atom stereocenters. The van der Waals surface area contributed by atoms with Crippen LogP contribution >= 0.6 is 0 Å². The fraction of sp³-hybridized carbons (Fsp3) is 0.500. The Bertz CT molecular complexity index is 1700. The van der Waals surface area contributed by atoms with Gasteiger partial charge in [0.25, 0.3) is 0 Å². The van der Waals surface area contributed by atoms with Crippen molar-refractivity contribution in [1.82, 2.24) is 40.4 Å². The van der Waals surface area contributed by atoms with Gasteiger partial charge in [-0.2, -0.15) is 0 Å². The van der Waals surface area contributed by atoms with Crippen LogP contribution in [-0.4, -0.2) is 78.5 Å². The third-order valence-corrected chi connectivity index (χ3v) is 9.54. The number of amides is 4. The van der Waals surface area contributed by atoms with Crippen LogP contribution < -0.4 is 10.6 Å². The normalized spacial score (nSPS) is 19.2. The van der Waals surface area contributed by atoms with Gasteiger partial charge >= 0.3 is 0 Å². The Labute approximate surface area is 280 Å². The second kappa shape index (κ2) is 14.2. The average molecular weight is 655 g/mol. The van der Waals surface area contributed by atoms with Gasteiger partial charge in [0.1, 0.15) is 23.7 Å². The molecular weight excluding hydrogens is 608 g/mol. The molecule has 4 atom stereocenters. The number of nitrogens with one attached hydrogen (secondary N) is 4. The van der Waals surface area contributed by atoms with Crippen LogP contribution in [0, 0.1) is 0 Å². The van der Waals surface area contributed by atoms with E-state index in [9.17, 15) is 19.2 Å². The second-order valence-electron chi connectivity index (χ2n) is 13.2. The van der Waals surface area contributed by atoms with Crippen LogP contribution in [0.1, 0.15) is 103 Å². The lowest BCUT2D eigenvalue weighted by atomic mass is 10.0. The Morgan fingerprint density at radius 3 is 1.52 bits per heavy atom. The van der Waals surface area contributed by atoms with Crippen molar-refractivity contribution >= 4 is 45.7 Å². The summed E-state index contributed by atoms with van der Waals surface area (Å²) in [6.07, 6.45) is 6.18. The van der Waals surface area contributed by atoms with E-state index in [0.29, 0.717) is 25.9 Å². The smallest absolute Gasteiger partial charge is 0.245 e. The summed E-state index contributed by atoms with van der Waals surface area (Å²) in [7, 11) is 0. The molecule has 12 nitrogen and oxygen atoms in total. The van der Waals surface area contributed by atoms with E-state index in [2.05, 4.69) is 44.9 Å². The fourth-order valence-corrected chi connectivity index (χ4v) is 7.34. The van der Waals surface area contributed by atoms with E-state index in [1.165, 1.54) is 13.8 Å². The van der Waals surface area contributed by atoms with Gasteiger partial charge in [-0.05, 0) is 73.9 Å². The number of carbonyl (C=O) groups is 4. The van der Waals surface area contributed by atoms with E-state index in [0.717, 1.165) is 83.4 Å². The van der Waals surface area contributed by atoms with Crippen LogP contribution in [0.2, 0.25) is 0 Å². The molecule has 6 rings (SSSR count). The summed E-state index contributed by atoms with van der Waals surface area (Å²) in [6, 6.07) is 10.9. The van der Waals surface area contributed by atoms with Gasteiger partial charge in [0.2, 0.25) is 23.6 Å². The van der Waals surface area contributed by atoms with Crippen LogP contribution in [0.4, 0.5) is 0 Å². The first-order valence-electron chi connectivity index (χ1n) is 17.3. The first-order chi connectivity index (χ1) is 23.2. The highest BCUT2D eigenvalue weighted by molar-refractivity contribution is 5.89. The molecule has 4 amide bonds. The molecule has 0 bridgehead atoms. The second-order valence-corrected chi connectivity index (χ2v) is 13.2. The Morgan fingerprint density at radius 1 is 0.729 bits per heavy atom.